The highest BCUT2D eigenvalue weighted by Gasteiger charge is 1.98. The Kier molecular flexibility index (Phi) is 19.9. The minimum atomic E-state index is -1.15. The van der Waals surface area contributed by atoms with Crippen LogP contribution in [0.4, 0.5) is 0 Å². The summed E-state index contributed by atoms with van der Waals surface area (Å²) in [6.45, 7) is 3.69. The lowest BCUT2D eigenvalue weighted by molar-refractivity contribution is -0.667. The van der Waals surface area contributed by atoms with Crippen LogP contribution in [0.15, 0.2) is 0 Å². The lowest BCUT2D eigenvalue weighted by Crippen LogP contribution is -3.00. The van der Waals surface area contributed by atoms with Crippen LogP contribution in [-0.4, -0.2) is 29.6 Å². The van der Waals surface area contributed by atoms with Gasteiger partial charge in [0.2, 0.25) is 6.29 Å². The number of hydrogen-bond acceptors (Lipinski definition) is 2. The molecule has 18 heavy (non-hydrogen) atoms. The molecule has 0 bridgehead atoms. The number of aliphatic hydroxyl groups excluding tert-OH is 1. The van der Waals surface area contributed by atoms with Crippen LogP contribution in [0.25, 0.3) is 0 Å². The highest BCUT2D eigenvalue weighted by atomic mass is 79.9. The molecule has 0 atom stereocenters. The van der Waals surface area contributed by atoms with Gasteiger partial charge in [0.15, 0.2) is 0 Å². The van der Waals surface area contributed by atoms with E-state index < -0.39 is 6.29 Å². The fourth-order valence-electron chi connectivity index (χ4n) is 2.04. The van der Waals surface area contributed by atoms with Crippen LogP contribution in [0.3, 0.4) is 0 Å². The second-order valence-corrected chi connectivity index (χ2v) is 4.98. The molecule has 0 aromatic heterocycles. The molecule has 0 spiro atoms. The third-order valence-electron chi connectivity index (χ3n) is 3.14. The molecule has 0 aliphatic carbocycles. The van der Waals surface area contributed by atoms with E-state index in [1.54, 1.807) is 0 Å². The lowest BCUT2D eigenvalue weighted by atomic mass is 10.1. The summed E-state index contributed by atoms with van der Waals surface area (Å²) in [5.74, 6) is 0. The molecular weight excluding hydrogens is 294 g/mol. The van der Waals surface area contributed by atoms with Gasteiger partial charge in [-0.2, -0.15) is 0 Å². The largest absolute Gasteiger partial charge is 1.00 e. The van der Waals surface area contributed by atoms with E-state index in [9.17, 15) is 0 Å². The molecule has 0 aromatic rings. The summed E-state index contributed by atoms with van der Waals surface area (Å²) >= 11 is 0. The van der Waals surface area contributed by atoms with Crippen molar-refractivity contribution >= 4 is 0 Å². The first-order valence-corrected chi connectivity index (χ1v) is 7.45. The zero-order valence-electron chi connectivity index (χ0n) is 11.9. The Hall–Kier alpha value is 0.360. The van der Waals surface area contributed by atoms with Gasteiger partial charge in [-0.1, -0.05) is 58.3 Å². The standard InChI is InChI=1S/C14H31NO2.BrH/c1-2-3-4-5-6-7-8-9-10-11-12-15-13-14(16)17;/h14-17H,2-13H2,1H3;1H. The van der Waals surface area contributed by atoms with E-state index in [0.717, 1.165) is 6.54 Å². The first kappa shape index (κ1) is 20.7. The molecular formula is C14H32BrNO2. The van der Waals surface area contributed by atoms with Gasteiger partial charge in [-0.25, -0.2) is 0 Å². The van der Waals surface area contributed by atoms with Crippen LogP contribution in [0.5, 0.6) is 0 Å². The van der Waals surface area contributed by atoms with Gasteiger partial charge >= 0.3 is 0 Å². The first-order chi connectivity index (χ1) is 8.27. The second-order valence-electron chi connectivity index (χ2n) is 4.98. The molecule has 0 rings (SSSR count). The van der Waals surface area contributed by atoms with Gasteiger partial charge in [-0.3, -0.25) is 0 Å². The van der Waals surface area contributed by atoms with Gasteiger partial charge in [0.1, 0.15) is 6.54 Å². The predicted octanol–water partition coefficient (Wildman–Crippen LogP) is -1.21. The number of nitrogens with two attached hydrogens (primary N) is 1. The minimum Gasteiger partial charge on any atom is -1.00 e. The van der Waals surface area contributed by atoms with Crippen molar-refractivity contribution in [3.8, 4) is 0 Å². The van der Waals surface area contributed by atoms with Gasteiger partial charge in [-0.15, -0.1) is 0 Å². The molecule has 0 heterocycles. The Morgan fingerprint density at radius 3 is 1.67 bits per heavy atom. The van der Waals surface area contributed by atoms with Crippen LogP contribution in [0, 0.1) is 0 Å². The van der Waals surface area contributed by atoms with E-state index in [0.29, 0.717) is 6.54 Å². The summed E-state index contributed by atoms with van der Waals surface area (Å²) in [7, 11) is 0. The summed E-state index contributed by atoms with van der Waals surface area (Å²) in [4.78, 5) is 0. The predicted molar refractivity (Wildman–Crippen MR) is 71.7 cm³/mol. The van der Waals surface area contributed by atoms with Crippen molar-refractivity contribution in [1.82, 2.24) is 0 Å². The number of quaternary nitrogens is 1. The SMILES string of the molecule is CCCCCCCCCCCC[NH2+]CC(O)O.[Br-]. The van der Waals surface area contributed by atoms with Crippen molar-refractivity contribution < 1.29 is 32.5 Å². The monoisotopic (exact) mass is 325 g/mol. The minimum absolute atomic E-state index is 0. The van der Waals surface area contributed by atoms with Gasteiger partial charge < -0.3 is 32.5 Å². The van der Waals surface area contributed by atoms with Crippen LogP contribution in [-0.2, 0) is 0 Å². The van der Waals surface area contributed by atoms with Gasteiger partial charge in [0, 0.05) is 0 Å². The average molecular weight is 326 g/mol. The first-order valence-electron chi connectivity index (χ1n) is 7.45. The Labute approximate surface area is 123 Å². The molecule has 0 unspecified atom stereocenters. The molecule has 0 radical (unpaired) electrons. The molecule has 4 heteroatoms. The Morgan fingerprint density at radius 2 is 1.22 bits per heavy atom. The molecule has 0 saturated carbocycles. The number of rotatable bonds is 13. The Bertz CT molecular complexity index is 146. The van der Waals surface area contributed by atoms with Crippen molar-refractivity contribution in [3.63, 3.8) is 0 Å². The van der Waals surface area contributed by atoms with E-state index in [1.807, 2.05) is 5.32 Å². The zero-order valence-corrected chi connectivity index (χ0v) is 13.5. The van der Waals surface area contributed by atoms with E-state index in [1.165, 1.54) is 64.2 Å². The normalized spacial score (nSPS) is 10.7. The Morgan fingerprint density at radius 1 is 0.778 bits per heavy atom. The fraction of sp³-hybridized carbons (Fsp3) is 1.00. The van der Waals surface area contributed by atoms with Crippen molar-refractivity contribution in [3.05, 3.63) is 0 Å². The lowest BCUT2D eigenvalue weighted by Gasteiger charge is -2.03. The molecule has 0 amide bonds. The van der Waals surface area contributed by atoms with Crippen LogP contribution >= 0.6 is 0 Å². The maximum absolute atomic E-state index is 8.64. The number of halogens is 1. The van der Waals surface area contributed by atoms with Crippen molar-refractivity contribution in [2.45, 2.75) is 77.4 Å². The smallest absolute Gasteiger partial charge is 0.202 e. The van der Waals surface area contributed by atoms with Gasteiger partial charge in [-0.05, 0) is 12.8 Å². The fourth-order valence-corrected chi connectivity index (χ4v) is 2.04. The number of hydrogen-bond donors (Lipinski definition) is 3. The summed E-state index contributed by atoms with van der Waals surface area (Å²) in [5.41, 5.74) is 0. The number of unbranched alkanes of at least 4 members (excludes halogenated alkanes) is 9. The highest BCUT2D eigenvalue weighted by molar-refractivity contribution is 4.46. The van der Waals surface area contributed by atoms with E-state index in [-0.39, 0.29) is 17.0 Å². The zero-order chi connectivity index (χ0) is 12.8. The van der Waals surface area contributed by atoms with E-state index in [4.69, 9.17) is 10.2 Å². The maximum Gasteiger partial charge on any atom is 0.202 e. The summed E-state index contributed by atoms with van der Waals surface area (Å²) in [6.07, 6.45) is 12.4. The van der Waals surface area contributed by atoms with E-state index in [2.05, 4.69) is 6.92 Å². The van der Waals surface area contributed by atoms with Crippen LogP contribution < -0.4 is 22.3 Å². The summed E-state index contributed by atoms with van der Waals surface area (Å²) < 4.78 is 0. The summed E-state index contributed by atoms with van der Waals surface area (Å²) in [6, 6.07) is 0. The molecule has 112 valence electrons. The van der Waals surface area contributed by atoms with Crippen molar-refractivity contribution in [2.75, 3.05) is 13.1 Å². The van der Waals surface area contributed by atoms with Crippen LogP contribution in [0.1, 0.15) is 71.1 Å². The highest BCUT2D eigenvalue weighted by Crippen LogP contribution is 2.09. The molecule has 3 nitrogen and oxygen atoms in total. The van der Waals surface area contributed by atoms with Gasteiger partial charge in [0.25, 0.3) is 0 Å². The molecule has 0 aliphatic heterocycles. The third-order valence-corrected chi connectivity index (χ3v) is 3.14. The topological polar surface area (TPSA) is 57.1 Å². The van der Waals surface area contributed by atoms with E-state index >= 15 is 0 Å². The molecule has 0 aromatic carbocycles. The van der Waals surface area contributed by atoms with Gasteiger partial charge in [0.05, 0.1) is 6.54 Å². The molecule has 0 aliphatic rings. The van der Waals surface area contributed by atoms with Crippen LogP contribution in [0.2, 0.25) is 0 Å². The molecule has 0 saturated heterocycles. The summed E-state index contributed by atoms with van der Waals surface area (Å²) in [5, 5.41) is 19.3. The van der Waals surface area contributed by atoms with Crippen molar-refractivity contribution in [2.24, 2.45) is 0 Å². The van der Waals surface area contributed by atoms with Crippen molar-refractivity contribution in [1.29, 1.82) is 0 Å². The average Bonchev–Trinajstić information content (AvgIpc) is 2.30. The molecule has 0 fully saturated rings. The quantitative estimate of drug-likeness (QED) is 0.294. The third kappa shape index (κ3) is 18.7. The number of aliphatic hydroxyl groups is 2. The molecule has 4 N–H and O–H groups in total. The Balaban J connectivity index is 0. The maximum atomic E-state index is 8.64. The second kappa shape index (κ2) is 17.4.